The Hall–Kier alpha value is -4.33. The van der Waals surface area contributed by atoms with E-state index in [9.17, 15) is 19.7 Å². The minimum atomic E-state index is -3.11. The first-order chi connectivity index (χ1) is 23.5. The molecule has 0 N–H and O–H groups in total. The summed E-state index contributed by atoms with van der Waals surface area (Å²) in [6, 6.07) is 35.1. The Labute approximate surface area is 302 Å². The van der Waals surface area contributed by atoms with Crippen LogP contribution in [-0.4, -0.2) is 40.6 Å². The molecule has 1 aliphatic heterocycles. The van der Waals surface area contributed by atoms with Crippen molar-refractivity contribution < 1.29 is 24.0 Å². The molecule has 0 saturated carbocycles. The fourth-order valence-electron chi connectivity index (χ4n) is 6.96. The predicted octanol–water partition coefficient (Wildman–Crippen LogP) is 9.74. The van der Waals surface area contributed by atoms with Gasteiger partial charge in [-0.1, -0.05) is 0 Å². The molecule has 0 unspecified atom stereocenters. The molecule has 50 heavy (non-hydrogen) atoms. The van der Waals surface area contributed by atoms with Crippen LogP contribution in [0.15, 0.2) is 113 Å². The second kappa shape index (κ2) is 14.1. The van der Waals surface area contributed by atoms with E-state index in [-0.39, 0.29) is 5.69 Å². The normalized spacial score (nSPS) is 17.2. The van der Waals surface area contributed by atoms with Crippen LogP contribution in [0.4, 0.5) is 21.0 Å². The average molecular weight is 760 g/mol. The maximum absolute atomic E-state index is 13.4. The van der Waals surface area contributed by atoms with Gasteiger partial charge in [0.2, 0.25) is 0 Å². The van der Waals surface area contributed by atoms with E-state index in [1.54, 1.807) is 41.5 Å². The van der Waals surface area contributed by atoms with E-state index < -0.39 is 40.6 Å². The molecule has 0 spiro atoms. The number of rotatable bonds is 6. The minimum absolute atomic E-state index is 0.256. The van der Waals surface area contributed by atoms with E-state index in [4.69, 9.17) is 9.47 Å². The summed E-state index contributed by atoms with van der Waals surface area (Å²) >= 11 is 3.64. The number of nitrogens with zero attached hydrogens (tertiary/aromatic N) is 2. The molecule has 10 heteroatoms. The van der Waals surface area contributed by atoms with Crippen LogP contribution in [0.1, 0.15) is 59.9 Å². The van der Waals surface area contributed by atoms with Crippen molar-refractivity contribution in [1.82, 2.24) is 0 Å². The Bertz CT molecular complexity index is 1790. The van der Waals surface area contributed by atoms with Gasteiger partial charge in [0.1, 0.15) is 0 Å². The summed E-state index contributed by atoms with van der Waals surface area (Å²) in [5.74, 6) is 0. The van der Waals surface area contributed by atoms with Crippen LogP contribution in [0.2, 0.25) is 0 Å². The maximum atomic E-state index is 13.4. The molecule has 0 aromatic heterocycles. The third-order valence-corrected chi connectivity index (χ3v) is 16.6. The zero-order valence-electron chi connectivity index (χ0n) is 29.4. The molecule has 1 heterocycles. The molecule has 0 bridgehead atoms. The standard InChI is InChI=1S/C40H44BrN2O6P/c1-39(2,3)48-37(44)42(38(45)49-40(4,5)6)35-27-34(41)30(26-36(35)43(46)47)25-29-17-16-24-50(28-29,31-18-10-7-11-19-31,32-20-12-8-13-21-32)33-22-14-9-15-23-33/h7-15,18-23,25-27H,16-17,24,28H2,1-6H3/b29-25+. The molecular formula is C40H44BrN2O6P. The monoisotopic (exact) mass is 758 g/mol. The van der Waals surface area contributed by atoms with Gasteiger partial charge in [-0.3, -0.25) is 0 Å². The number of halogens is 1. The summed E-state index contributed by atoms with van der Waals surface area (Å²) < 4.78 is 11.5. The van der Waals surface area contributed by atoms with Gasteiger partial charge in [0.25, 0.3) is 0 Å². The van der Waals surface area contributed by atoms with Crippen molar-refractivity contribution in [2.75, 3.05) is 17.2 Å². The Balaban J connectivity index is 1.70. The molecule has 5 rings (SSSR count). The summed E-state index contributed by atoms with van der Waals surface area (Å²) in [5, 5.41) is 16.5. The number of allylic oxidation sites excluding steroid dienone is 1. The number of ether oxygens (including phenoxy) is 2. The van der Waals surface area contributed by atoms with Crippen molar-refractivity contribution >= 4 is 68.1 Å². The quantitative estimate of drug-likeness (QED) is 0.110. The molecule has 4 aromatic rings. The number of nitro benzene ring substituents is 1. The van der Waals surface area contributed by atoms with Crippen molar-refractivity contribution in [2.24, 2.45) is 0 Å². The van der Waals surface area contributed by atoms with Crippen LogP contribution in [0.3, 0.4) is 0 Å². The Kier molecular flexibility index (Phi) is 10.4. The van der Waals surface area contributed by atoms with Gasteiger partial charge in [0.15, 0.2) is 0 Å². The first-order valence-electron chi connectivity index (χ1n) is 16.6. The first kappa shape index (κ1) is 36.9. The second-order valence-electron chi connectivity index (χ2n) is 14.7. The van der Waals surface area contributed by atoms with Crippen LogP contribution in [-0.2, 0) is 9.47 Å². The van der Waals surface area contributed by atoms with E-state index in [1.165, 1.54) is 28.0 Å². The zero-order valence-corrected chi connectivity index (χ0v) is 31.9. The Morgan fingerprint density at radius 2 is 1.22 bits per heavy atom. The molecule has 1 fully saturated rings. The van der Waals surface area contributed by atoms with E-state index >= 15 is 0 Å². The van der Waals surface area contributed by atoms with Gasteiger partial charge in [0.05, 0.1) is 0 Å². The topological polar surface area (TPSA) is 99.0 Å². The SMILES string of the molecule is CC(C)(C)OC(=O)N(C(=O)OC(C)(C)C)c1cc(Br)c(/C=C2\CCCP(c3ccccc3)(c3ccccc3)(c3ccccc3)C2)cc1[N+](=O)[O-]. The summed E-state index contributed by atoms with van der Waals surface area (Å²) in [6.07, 6.45) is 3.36. The van der Waals surface area contributed by atoms with Crippen molar-refractivity contribution in [3.8, 4) is 0 Å². The number of nitro groups is 1. The molecule has 0 aliphatic carbocycles. The molecule has 262 valence electrons. The predicted molar refractivity (Wildman–Crippen MR) is 208 cm³/mol. The van der Waals surface area contributed by atoms with E-state index in [0.29, 0.717) is 14.9 Å². The van der Waals surface area contributed by atoms with Gasteiger partial charge in [-0.15, -0.1) is 0 Å². The molecule has 8 nitrogen and oxygen atoms in total. The summed E-state index contributed by atoms with van der Waals surface area (Å²) in [4.78, 5) is 39.5. The van der Waals surface area contributed by atoms with Crippen molar-refractivity contribution in [2.45, 2.75) is 65.6 Å². The second-order valence-corrected chi connectivity index (χ2v) is 20.9. The molecule has 0 atom stereocenters. The van der Waals surface area contributed by atoms with Crippen LogP contribution in [0.5, 0.6) is 0 Å². The fraction of sp³-hybridized carbons (Fsp3) is 0.300. The number of anilines is 1. The van der Waals surface area contributed by atoms with Gasteiger partial charge in [0, 0.05) is 0 Å². The third-order valence-electron chi connectivity index (χ3n) is 8.88. The average Bonchev–Trinajstić information content (AvgIpc) is 3.05. The summed E-state index contributed by atoms with van der Waals surface area (Å²) in [6.45, 7) is 6.80. The van der Waals surface area contributed by atoms with Gasteiger partial charge in [-0.25, -0.2) is 0 Å². The van der Waals surface area contributed by atoms with Crippen LogP contribution in [0.25, 0.3) is 6.08 Å². The summed E-state index contributed by atoms with van der Waals surface area (Å²) in [5.41, 5.74) is -0.914. The van der Waals surface area contributed by atoms with Gasteiger partial charge in [-0.2, -0.15) is 0 Å². The number of carbonyl (C=O) groups is 2. The fourth-order valence-corrected chi connectivity index (χ4v) is 14.5. The molecule has 1 saturated heterocycles. The van der Waals surface area contributed by atoms with E-state index in [0.717, 1.165) is 30.7 Å². The van der Waals surface area contributed by atoms with Crippen molar-refractivity contribution in [3.63, 3.8) is 0 Å². The molecule has 0 radical (unpaired) electrons. The Morgan fingerprint density at radius 1 is 0.780 bits per heavy atom. The number of carbonyl (C=O) groups excluding carboxylic acids is 2. The first-order valence-corrected chi connectivity index (χ1v) is 20.0. The van der Waals surface area contributed by atoms with Crippen molar-refractivity contribution in [1.29, 1.82) is 0 Å². The molecule has 1 aliphatic rings. The van der Waals surface area contributed by atoms with Crippen LogP contribution < -0.4 is 20.8 Å². The zero-order chi connectivity index (χ0) is 36.3. The number of hydrogen-bond donors (Lipinski definition) is 0. The van der Waals surface area contributed by atoms with E-state index in [2.05, 4.69) is 88.7 Å². The number of hydrogen-bond acceptors (Lipinski definition) is 6. The van der Waals surface area contributed by atoms with Gasteiger partial charge in [-0.05, 0) is 0 Å². The number of imide groups is 1. The van der Waals surface area contributed by atoms with Crippen LogP contribution >= 0.6 is 22.5 Å². The Morgan fingerprint density at radius 3 is 1.62 bits per heavy atom. The van der Waals surface area contributed by atoms with E-state index in [1.807, 2.05) is 24.3 Å². The summed E-state index contributed by atoms with van der Waals surface area (Å²) in [7, 11) is 0. The van der Waals surface area contributed by atoms with Gasteiger partial charge >= 0.3 is 304 Å². The van der Waals surface area contributed by atoms with Crippen LogP contribution in [0, 0.1) is 10.1 Å². The molecule has 4 aromatic carbocycles. The molecular weight excluding hydrogens is 715 g/mol. The van der Waals surface area contributed by atoms with Crippen molar-refractivity contribution in [3.05, 3.63) is 129 Å². The third kappa shape index (κ3) is 7.40. The molecule has 2 amide bonds. The number of amides is 2. The number of benzene rings is 4. The van der Waals surface area contributed by atoms with Gasteiger partial charge < -0.3 is 0 Å².